The van der Waals surface area contributed by atoms with E-state index in [0.717, 1.165) is 16.0 Å². The number of fused-ring (bicyclic) bond motifs is 1. The van der Waals surface area contributed by atoms with E-state index in [1.807, 2.05) is 24.3 Å². The number of nitrogens with zero attached hydrogens (tertiary/aromatic N) is 1. The molecule has 0 bridgehead atoms. The van der Waals surface area contributed by atoms with Crippen molar-refractivity contribution < 1.29 is 14.3 Å². The Hall–Kier alpha value is -1.79. The molecule has 3 aromatic rings. The van der Waals surface area contributed by atoms with Gasteiger partial charge in [0.1, 0.15) is 5.52 Å². The highest BCUT2D eigenvalue weighted by molar-refractivity contribution is 9.10. The van der Waals surface area contributed by atoms with Crippen molar-refractivity contribution >= 4 is 44.8 Å². The summed E-state index contributed by atoms with van der Waals surface area (Å²) in [5.41, 5.74) is 1.76. The highest BCUT2D eigenvalue weighted by Crippen LogP contribution is 2.32. The predicted octanol–water partition coefficient (Wildman–Crippen LogP) is 4.44. The van der Waals surface area contributed by atoms with Gasteiger partial charge in [-0.3, -0.25) is 0 Å². The third kappa shape index (κ3) is 2.57. The molecular weight excluding hydrogens is 342 g/mol. The van der Waals surface area contributed by atoms with Gasteiger partial charge in [-0.1, -0.05) is 12.1 Å². The molecule has 1 N–H and O–H groups in total. The highest BCUT2D eigenvalue weighted by Gasteiger charge is 2.11. The smallest absolute Gasteiger partial charge is 0.336 e. The van der Waals surface area contributed by atoms with Crippen LogP contribution in [0.15, 0.2) is 61.5 Å². The Balaban J connectivity index is 1.90. The van der Waals surface area contributed by atoms with Crippen molar-refractivity contribution in [3.8, 4) is 0 Å². The standard InChI is InChI=1S/C14H8BrNO3S/c15-10-7-8(5-6-9(10)13(17)18)20-14-16-11-3-1-2-4-12(11)19-14/h1-7H,(H,17,18). The Bertz CT molecular complexity index is 767. The first kappa shape index (κ1) is 13.2. The normalized spacial score (nSPS) is 10.8. The average Bonchev–Trinajstić information content (AvgIpc) is 2.80. The summed E-state index contributed by atoms with van der Waals surface area (Å²) < 4.78 is 6.14. The van der Waals surface area contributed by atoms with Gasteiger partial charge < -0.3 is 9.52 Å². The SMILES string of the molecule is O=C(O)c1ccc(Sc2nc3ccccc3o2)cc1Br. The number of hydrogen-bond acceptors (Lipinski definition) is 4. The first-order chi connectivity index (χ1) is 9.63. The third-order valence-corrected chi connectivity index (χ3v) is 4.15. The number of rotatable bonds is 3. The van der Waals surface area contributed by atoms with Crippen molar-refractivity contribution in [3.63, 3.8) is 0 Å². The topological polar surface area (TPSA) is 63.3 Å². The van der Waals surface area contributed by atoms with Crippen LogP contribution in [0.25, 0.3) is 11.1 Å². The van der Waals surface area contributed by atoms with Gasteiger partial charge in [0, 0.05) is 9.37 Å². The zero-order valence-electron chi connectivity index (χ0n) is 10.0. The van der Waals surface area contributed by atoms with E-state index in [1.54, 1.807) is 18.2 Å². The maximum Gasteiger partial charge on any atom is 0.336 e. The summed E-state index contributed by atoms with van der Waals surface area (Å²) in [7, 11) is 0. The molecule has 0 fully saturated rings. The molecule has 0 atom stereocenters. The number of aromatic carboxylic acids is 1. The minimum absolute atomic E-state index is 0.229. The number of oxazole rings is 1. The van der Waals surface area contributed by atoms with Crippen molar-refractivity contribution in [3.05, 3.63) is 52.5 Å². The Labute approximate surface area is 126 Å². The van der Waals surface area contributed by atoms with Crippen LogP contribution in [0.5, 0.6) is 0 Å². The van der Waals surface area contributed by atoms with Crippen molar-refractivity contribution in [1.82, 2.24) is 4.98 Å². The summed E-state index contributed by atoms with van der Waals surface area (Å²) in [5.74, 6) is -0.963. The van der Waals surface area contributed by atoms with E-state index in [1.165, 1.54) is 11.8 Å². The van der Waals surface area contributed by atoms with Crippen LogP contribution >= 0.6 is 27.7 Å². The summed E-state index contributed by atoms with van der Waals surface area (Å²) in [6.07, 6.45) is 0. The number of para-hydroxylation sites is 2. The van der Waals surface area contributed by atoms with Gasteiger partial charge in [0.25, 0.3) is 5.22 Å². The van der Waals surface area contributed by atoms with Gasteiger partial charge in [-0.05, 0) is 58.0 Å². The summed E-state index contributed by atoms with van der Waals surface area (Å²) in [6.45, 7) is 0. The fraction of sp³-hybridized carbons (Fsp3) is 0. The molecule has 0 spiro atoms. The number of aromatic nitrogens is 1. The number of carbonyl (C=O) groups is 1. The zero-order chi connectivity index (χ0) is 14.1. The lowest BCUT2D eigenvalue weighted by Crippen LogP contribution is -1.96. The lowest BCUT2D eigenvalue weighted by atomic mass is 10.2. The summed E-state index contributed by atoms with van der Waals surface area (Å²) in [5, 5.41) is 9.50. The van der Waals surface area contributed by atoms with Crippen LogP contribution in [-0.4, -0.2) is 16.1 Å². The maximum atomic E-state index is 10.9. The van der Waals surface area contributed by atoms with Crippen LogP contribution in [-0.2, 0) is 0 Å². The summed E-state index contributed by atoms with van der Waals surface area (Å²) in [4.78, 5) is 16.2. The largest absolute Gasteiger partial charge is 0.478 e. The summed E-state index contributed by atoms with van der Waals surface area (Å²) >= 11 is 4.60. The summed E-state index contributed by atoms with van der Waals surface area (Å²) in [6, 6.07) is 12.5. The molecule has 2 aromatic carbocycles. The van der Waals surface area contributed by atoms with Crippen molar-refractivity contribution in [2.75, 3.05) is 0 Å². The average molecular weight is 350 g/mol. The number of carboxylic acids is 1. The van der Waals surface area contributed by atoms with Gasteiger partial charge in [-0.2, -0.15) is 0 Å². The minimum Gasteiger partial charge on any atom is -0.478 e. The minimum atomic E-state index is -0.963. The van der Waals surface area contributed by atoms with Crippen molar-refractivity contribution in [2.24, 2.45) is 0 Å². The molecule has 0 unspecified atom stereocenters. The number of benzene rings is 2. The molecule has 0 aliphatic carbocycles. The van der Waals surface area contributed by atoms with E-state index in [0.29, 0.717) is 9.70 Å². The Morgan fingerprint density at radius 3 is 2.75 bits per heavy atom. The lowest BCUT2D eigenvalue weighted by molar-refractivity contribution is 0.0696. The number of carboxylic acid groups (broad SMARTS) is 1. The van der Waals surface area contributed by atoms with Crippen molar-refractivity contribution in [1.29, 1.82) is 0 Å². The van der Waals surface area contributed by atoms with Crippen LogP contribution in [0.3, 0.4) is 0 Å². The van der Waals surface area contributed by atoms with Crippen molar-refractivity contribution in [2.45, 2.75) is 10.1 Å². The molecule has 0 aliphatic heterocycles. The molecular formula is C14H8BrNO3S. The monoisotopic (exact) mass is 349 g/mol. The second-order valence-electron chi connectivity index (χ2n) is 4.00. The second kappa shape index (κ2) is 5.30. The number of hydrogen-bond donors (Lipinski definition) is 1. The molecule has 1 heterocycles. The molecule has 100 valence electrons. The van der Waals surface area contributed by atoms with Gasteiger partial charge in [0.2, 0.25) is 0 Å². The van der Waals surface area contributed by atoms with Gasteiger partial charge in [0.05, 0.1) is 5.56 Å². The quantitative estimate of drug-likeness (QED) is 0.757. The molecule has 1 aromatic heterocycles. The van der Waals surface area contributed by atoms with E-state index < -0.39 is 5.97 Å². The first-order valence-corrected chi connectivity index (χ1v) is 7.31. The molecule has 4 nitrogen and oxygen atoms in total. The maximum absolute atomic E-state index is 10.9. The highest BCUT2D eigenvalue weighted by atomic mass is 79.9. The van der Waals surface area contributed by atoms with E-state index in [2.05, 4.69) is 20.9 Å². The van der Waals surface area contributed by atoms with Crippen LogP contribution in [0.2, 0.25) is 0 Å². The predicted molar refractivity (Wildman–Crippen MR) is 79.2 cm³/mol. The van der Waals surface area contributed by atoms with Crippen LogP contribution < -0.4 is 0 Å². The molecule has 6 heteroatoms. The van der Waals surface area contributed by atoms with Crippen LogP contribution in [0.1, 0.15) is 10.4 Å². The molecule has 0 amide bonds. The Morgan fingerprint density at radius 1 is 1.25 bits per heavy atom. The third-order valence-electron chi connectivity index (χ3n) is 2.65. The van der Waals surface area contributed by atoms with E-state index in [-0.39, 0.29) is 5.56 Å². The van der Waals surface area contributed by atoms with Gasteiger partial charge in [0.15, 0.2) is 5.58 Å². The Kier molecular flexibility index (Phi) is 3.50. The van der Waals surface area contributed by atoms with Gasteiger partial charge in [-0.15, -0.1) is 0 Å². The van der Waals surface area contributed by atoms with Crippen LogP contribution in [0.4, 0.5) is 0 Å². The fourth-order valence-electron chi connectivity index (χ4n) is 1.73. The molecule has 0 aliphatic rings. The van der Waals surface area contributed by atoms with E-state index >= 15 is 0 Å². The molecule has 0 saturated heterocycles. The zero-order valence-corrected chi connectivity index (χ0v) is 12.4. The second-order valence-corrected chi connectivity index (χ2v) is 5.88. The van der Waals surface area contributed by atoms with Crippen LogP contribution in [0, 0.1) is 0 Å². The number of halogens is 1. The molecule has 3 rings (SSSR count). The first-order valence-electron chi connectivity index (χ1n) is 5.70. The molecule has 0 radical (unpaired) electrons. The molecule has 20 heavy (non-hydrogen) atoms. The fourth-order valence-corrected chi connectivity index (χ4v) is 3.22. The lowest BCUT2D eigenvalue weighted by Gasteiger charge is -2.01. The van der Waals surface area contributed by atoms with Gasteiger partial charge in [-0.25, -0.2) is 9.78 Å². The van der Waals surface area contributed by atoms with Gasteiger partial charge >= 0.3 is 5.97 Å². The van der Waals surface area contributed by atoms with E-state index in [4.69, 9.17) is 9.52 Å². The molecule has 0 saturated carbocycles. The Morgan fingerprint density at radius 2 is 2.05 bits per heavy atom. The van der Waals surface area contributed by atoms with E-state index in [9.17, 15) is 4.79 Å².